The summed E-state index contributed by atoms with van der Waals surface area (Å²) in [5.74, 6) is 1.60. The van der Waals surface area contributed by atoms with Crippen LogP contribution in [0.5, 0.6) is 0 Å². The molecule has 1 aromatic carbocycles. The number of nitrogens with zero attached hydrogens (tertiary/aromatic N) is 2. The molecule has 1 aromatic heterocycles. The molecule has 3 heteroatoms. The largest absolute Gasteiger partial charge is 0.303 e. The van der Waals surface area contributed by atoms with Crippen molar-refractivity contribution in [3.63, 3.8) is 0 Å². The number of Topliss-reactive ketones (excluding diaryl/α,β-unsaturated/α-hetero) is 1. The number of ketones is 1. The maximum Gasteiger partial charge on any atom is 0.163 e. The molecule has 3 aliphatic heterocycles. The standard InChI is InChI=1S/C18H20N2O/c21-18(11-16-12-20-8-5-13(16)6-9-20)15-4-3-14-2-1-7-19-17(14)10-15/h1-4,7,10,13,16H,5-6,8-9,11-12H2. The van der Waals surface area contributed by atoms with Crippen LogP contribution in [0.1, 0.15) is 29.6 Å². The highest BCUT2D eigenvalue weighted by atomic mass is 16.1. The lowest BCUT2D eigenvalue weighted by molar-refractivity contribution is 0.0441. The first kappa shape index (κ1) is 13.0. The zero-order chi connectivity index (χ0) is 14.2. The Hall–Kier alpha value is -1.74. The predicted molar refractivity (Wildman–Crippen MR) is 83.3 cm³/mol. The molecule has 0 aliphatic carbocycles. The van der Waals surface area contributed by atoms with Gasteiger partial charge in [0.1, 0.15) is 0 Å². The number of pyridine rings is 1. The molecule has 2 aromatic rings. The molecule has 21 heavy (non-hydrogen) atoms. The van der Waals surface area contributed by atoms with Crippen molar-refractivity contribution in [2.45, 2.75) is 19.3 Å². The Morgan fingerprint density at radius 2 is 2.10 bits per heavy atom. The van der Waals surface area contributed by atoms with E-state index in [1.165, 1.54) is 25.9 Å². The van der Waals surface area contributed by atoms with Crippen molar-refractivity contribution in [2.24, 2.45) is 11.8 Å². The summed E-state index contributed by atoms with van der Waals surface area (Å²) in [5, 5.41) is 1.09. The molecular weight excluding hydrogens is 260 g/mol. The first-order chi connectivity index (χ1) is 10.3. The van der Waals surface area contributed by atoms with Gasteiger partial charge in [0, 0.05) is 30.1 Å². The number of hydrogen-bond donors (Lipinski definition) is 0. The van der Waals surface area contributed by atoms with Crippen molar-refractivity contribution in [3.8, 4) is 0 Å². The number of aromatic nitrogens is 1. The third-order valence-corrected chi connectivity index (χ3v) is 5.17. The second-order valence-electron chi connectivity index (χ2n) is 6.44. The van der Waals surface area contributed by atoms with Gasteiger partial charge in [0.15, 0.2) is 5.78 Å². The number of fused-ring (bicyclic) bond motifs is 4. The minimum Gasteiger partial charge on any atom is -0.303 e. The van der Waals surface area contributed by atoms with E-state index >= 15 is 0 Å². The number of rotatable bonds is 3. The van der Waals surface area contributed by atoms with Gasteiger partial charge in [0.05, 0.1) is 5.52 Å². The molecule has 1 atom stereocenters. The Kier molecular flexibility index (Phi) is 3.23. The predicted octanol–water partition coefficient (Wildman–Crippen LogP) is 3.15. The quantitative estimate of drug-likeness (QED) is 0.810. The normalized spacial score (nSPS) is 27.9. The molecule has 2 bridgehead atoms. The second kappa shape index (κ2) is 5.23. The highest BCUT2D eigenvalue weighted by Crippen LogP contribution is 2.35. The minimum absolute atomic E-state index is 0.279. The Morgan fingerprint density at radius 1 is 1.24 bits per heavy atom. The van der Waals surface area contributed by atoms with Gasteiger partial charge in [-0.15, -0.1) is 0 Å². The van der Waals surface area contributed by atoms with E-state index in [4.69, 9.17) is 0 Å². The maximum absolute atomic E-state index is 12.6. The third-order valence-electron chi connectivity index (χ3n) is 5.17. The molecule has 3 aliphatic rings. The van der Waals surface area contributed by atoms with E-state index in [1.807, 2.05) is 30.3 Å². The monoisotopic (exact) mass is 280 g/mol. The van der Waals surface area contributed by atoms with Crippen LogP contribution in [-0.2, 0) is 0 Å². The van der Waals surface area contributed by atoms with E-state index in [0.717, 1.165) is 28.9 Å². The fraction of sp³-hybridized carbons (Fsp3) is 0.444. The van der Waals surface area contributed by atoms with Crippen molar-refractivity contribution >= 4 is 16.7 Å². The van der Waals surface area contributed by atoms with E-state index in [0.29, 0.717) is 12.3 Å². The molecule has 0 saturated carbocycles. The number of carbonyl (C=O) groups is 1. The van der Waals surface area contributed by atoms with Gasteiger partial charge in [0.25, 0.3) is 0 Å². The van der Waals surface area contributed by atoms with Gasteiger partial charge in [-0.1, -0.05) is 18.2 Å². The van der Waals surface area contributed by atoms with Crippen LogP contribution < -0.4 is 0 Å². The number of hydrogen-bond acceptors (Lipinski definition) is 3. The molecule has 3 fully saturated rings. The molecule has 5 rings (SSSR count). The van der Waals surface area contributed by atoms with Crippen LogP contribution in [0.4, 0.5) is 0 Å². The van der Waals surface area contributed by atoms with Crippen molar-refractivity contribution in [1.29, 1.82) is 0 Å². The van der Waals surface area contributed by atoms with Crippen LogP contribution in [-0.4, -0.2) is 35.3 Å². The second-order valence-corrected chi connectivity index (χ2v) is 6.44. The molecule has 1 unspecified atom stereocenters. The van der Waals surface area contributed by atoms with Crippen LogP contribution in [0, 0.1) is 11.8 Å². The molecule has 3 saturated heterocycles. The Balaban J connectivity index is 1.53. The van der Waals surface area contributed by atoms with Crippen molar-refractivity contribution in [2.75, 3.05) is 19.6 Å². The van der Waals surface area contributed by atoms with Gasteiger partial charge in [-0.25, -0.2) is 0 Å². The smallest absolute Gasteiger partial charge is 0.163 e. The number of piperidine rings is 3. The van der Waals surface area contributed by atoms with E-state index in [1.54, 1.807) is 6.20 Å². The summed E-state index contributed by atoms with van der Waals surface area (Å²) in [6.07, 6.45) is 5.03. The minimum atomic E-state index is 0.279. The first-order valence-corrected chi connectivity index (χ1v) is 7.90. The summed E-state index contributed by atoms with van der Waals surface area (Å²) in [6.45, 7) is 3.58. The summed E-state index contributed by atoms with van der Waals surface area (Å²) >= 11 is 0. The zero-order valence-electron chi connectivity index (χ0n) is 12.2. The average molecular weight is 280 g/mol. The Bertz CT molecular complexity index is 674. The molecule has 108 valence electrons. The fourth-order valence-corrected chi connectivity index (χ4v) is 3.91. The summed E-state index contributed by atoms with van der Waals surface area (Å²) in [5.41, 5.74) is 1.73. The molecule has 0 radical (unpaired) electrons. The van der Waals surface area contributed by atoms with Gasteiger partial charge in [-0.2, -0.15) is 0 Å². The molecule has 0 N–H and O–H groups in total. The van der Waals surface area contributed by atoms with Crippen LogP contribution in [0.3, 0.4) is 0 Å². The SMILES string of the molecule is O=C(CC1CN2CCC1CC2)c1ccc2cccnc2c1. The van der Waals surface area contributed by atoms with Crippen LogP contribution in [0.25, 0.3) is 10.9 Å². The zero-order valence-corrected chi connectivity index (χ0v) is 12.2. The fourth-order valence-electron chi connectivity index (χ4n) is 3.91. The summed E-state index contributed by atoms with van der Waals surface area (Å²) in [7, 11) is 0. The van der Waals surface area contributed by atoms with Gasteiger partial charge in [0.2, 0.25) is 0 Å². The van der Waals surface area contributed by atoms with Crippen molar-refractivity contribution in [3.05, 3.63) is 42.1 Å². The molecular formula is C18H20N2O. The number of benzene rings is 1. The van der Waals surface area contributed by atoms with Gasteiger partial charge in [-0.05, 0) is 49.9 Å². The topological polar surface area (TPSA) is 33.2 Å². The van der Waals surface area contributed by atoms with E-state index in [-0.39, 0.29) is 5.78 Å². The lowest BCUT2D eigenvalue weighted by Gasteiger charge is -2.44. The number of carbonyl (C=O) groups excluding carboxylic acids is 1. The van der Waals surface area contributed by atoms with E-state index in [9.17, 15) is 4.79 Å². The summed E-state index contributed by atoms with van der Waals surface area (Å²) < 4.78 is 0. The van der Waals surface area contributed by atoms with Crippen LogP contribution in [0.2, 0.25) is 0 Å². The van der Waals surface area contributed by atoms with Crippen molar-refractivity contribution in [1.82, 2.24) is 9.88 Å². The van der Waals surface area contributed by atoms with Crippen molar-refractivity contribution < 1.29 is 4.79 Å². The average Bonchev–Trinajstić information content (AvgIpc) is 2.55. The molecule has 3 nitrogen and oxygen atoms in total. The van der Waals surface area contributed by atoms with Gasteiger partial charge >= 0.3 is 0 Å². The summed E-state index contributed by atoms with van der Waals surface area (Å²) in [6, 6.07) is 9.86. The highest BCUT2D eigenvalue weighted by Gasteiger charge is 2.35. The lowest BCUT2D eigenvalue weighted by atomic mass is 9.76. The van der Waals surface area contributed by atoms with Gasteiger partial charge < -0.3 is 4.90 Å². The Labute approximate surface area is 125 Å². The third kappa shape index (κ3) is 2.46. The highest BCUT2D eigenvalue weighted by molar-refractivity contribution is 5.99. The summed E-state index contributed by atoms with van der Waals surface area (Å²) in [4.78, 5) is 19.4. The Morgan fingerprint density at radius 3 is 2.86 bits per heavy atom. The van der Waals surface area contributed by atoms with Gasteiger partial charge in [-0.3, -0.25) is 9.78 Å². The molecule has 0 spiro atoms. The molecule has 4 heterocycles. The molecule has 0 amide bonds. The lowest BCUT2D eigenvalue weighted by Crippen LogP contribution is -2.47. The van der Waals surface area contributed by atoms with Crippen LogP contribution >= 0.6 is 0 Å². The van der Waals surface area contributed by atoms with E-state index in [2.05, 4.69) is 9.88 Å². The van der Waals surface area contributed by atoms with Crippen LogP contribution in [0.15, 0.2) is 36.5 Å². The maximum atomic E-state index is 12.6. The van der Waals surface area contributed by atoms with E-state index < -0.39 is 0 Å². The first-order valence-electron chi connectivity index (χ1n) is 7.90.